The normalized spacial score (nSPS) is 20.2. The van der Waals surface area contributed by atoms with E-state index < -0.39 is 5.82 Å². The zero-order chi connectivity index (χ0) is 10.7. The molecule has 0 radical (unpaired) electrons. The topological polar surface area (TPSA) is 41.1 Å². The molecule has 4 heteroatoms. The molecule has 1 aliphatic heterocycles. The van der Waals surface area contributed by atoms with Crippen LogP contribution < -0.4 is 10.6 Å². The van der Waals surface area contributed by atoms with E-state index in [1.807, 2.05) is 0 Å². The highest BCUT2D eigenvalue weighted by atomic mass is 19.1. The van der Waals surface area contributed by atoms with Crippen LogP contribution in [0, 0.1) is 5.82 Å². The van der Waals surface area contributed by atoms with Gasteiger partial charge in [0.25, 0.3) is 5.91 Å². The fraction of sp³-hybridized carbons (Fsp3) is 0.364. The quantitative estimate of drug-likeness (QED) is 0.758. The van der Waals surface area contributed by atoms with Crippen LogP contribution in [-0.4, -0.2) is 25.0 Å². The van der Waals surface area contributed by atoms with Crippen LogP contribution in [0.3, 0.4) is 0 Å². The van der Waals surface area contributed by atoms with Gasteiger partial charge >= 0.3 is 0 Å². The van der Waals surface area contributed by atoms with Crippen molar-refractivity contribution in [2.75, 3.05) is 13.1 Å². The average molecular weight is 208 g/mol. The second-order valence-corrected chi connectivity index (χ2v) is 3.64. The zero-order valence-electron chi connectivity index (χ0n) is 8.29. The molecular formula is C11H13FN2O. The van der Waals surface area contributed by atoms with Crippen molar-refractivity contribution in [1.29, 1.82) is 0 Å². The predicted molar refractivity (Wildman–Crippen MR) is 55.1 cm³/mol. The molecule has 1 unspecified atom stereocenters. The van der Waals surface area contributed by atoms with Crippen LogP contribution in [0.15, 0.2) is 24.3 Å². The molecule has 2 N–H and O–H groups in total. The Morgan fingerprint density at radius 1 is 1.47 bits per heavy atom. The van der Waals surface area contributed by atoms with Crippen molar-refractivity contribution < 1.29 is 9.18 Å². The van der Waals surface area contributed by atoms with E-state index in [4.69, 9.17) is 0 Å². The minimum Gasteiger partial charge on any atom is -0.348 e. The Morgan fingerprint density at radius 2 is 2.27 bits per heavy atom. The van der Waals surface area contributed by atoms with Gasteiger partial charge in [-0.3, -0.25) is 4.79 Å². The molecule has 1 aromatic carbocycles. The van der Waals surface area contributed by atoms with E-state index in [1.54, 1.807) is 12.1 Å². The third kappa shape index (κ3) is 2.33. The van der Waals surface area contributed by atoms with Gasteiger partial charge in [-0.05, 0) is 25.1 Å². The molecule has 3 nitrogen and oxygen atoms in total. The summed E-state index contributed by atoms with van der Waals surface area (Å²) in [5, 5.41) is 5.93. The van der Waals surface area contributed by atoms with Crippen LogP contribution in [0.25, 0.3) is 0 Å². The average Bonchev–Trinajstić information content (AvgIpc) is 2.71. The lowest BCUT2D eigenvalue weighted by molar-refractivity contribution is 0.0936. The van der Waals surface area contributed by atoms with E-state index in [1.165, 1.54) is 12.1 Å². The Kier molecular flexibility index (Phi) is 2.97. The Hall–Kier alpha value is -1.42. The van der Waals surface area contributed by atoms with Gasteiger partial charge in [0.1, 0.15) is 5.82 Å². The van der Waals surface area contributed by atoms with Crippen LogP contribution in [0.5, 0.6) is 0 Å². The molecule has 1 atom stereocenters. The van der Waals surface area contributed by atoms with Gasteiger partial charge in [-0.25, -0.2) is 4.39 Å². The van der Waals surface area contributed by atoms with E-state index in [0.29, 0.717) is 0 Å². The largest absolute Gasteiger partial charge is 0.348 e. The van der Waals surface area contributed by atoms with Crippen molar-refractivity contribution in [2.45, 2.75) is 12.5 Å². The molecular weight excluding hydrogens is 195 g/mol. The summed E-state index contributed by atoms with van der Waals surface area (Å²) in [6.07, 6.45) is 0.903. The number of amides is 1. The van der Waals surface area contributed by atoms with E-state index in [2.05, 4.69) is 10.6 Å². The number of benzene rings is 1. The fourth-order valence-corrected chi connectivity index (χ4v) is 1.69. The summed E-state index contributed by atoms with van der Waals surface area (Å²) >= 11 is 0. The number of carbonyl (C=O) groups excluding carboxylic acids is 1. The van der Waals surface area contributed by atoms with Crippen LogP contribution >= 0.6 is 0 Å². The Labute approximate surface area is 87.7 Å². The maximum Gasteiger partial charge on any atom is 0.254 e. The third-order valence-corrected chi connectivity index (χ3v) is 2.51. The van der Waals surface area contributed by atoms with Crippen molar-refractivity contribution >= 4 is 5.91 Å². The maximum absolute atomic E-state index is 13.2. The first-order chi connectivity index (χ1) is 7.27. The molecule has 15 heavy (non-hydrogen) atoms. The van der Waals surface area contributed by atoms with Crippen LogP contribution in [-0.2, 0) is 0 Å². The molecule has 1 heterocycles. The van der Waals surface area contributed by atoms with E-state index in [-0.39, 0.29) is 17.5 Å². The van der Waals surface area contributed by atoms with Gasteiger partial charge in [0.05, 0.1) is 5.56 Å². The molecule has 1 saturated heterocycles. The molecule has 0 saturated carbocycles. The molecule has 1 fully saturated rings. The van der Waals surface area contributed by atoms with Gasteiger partial charge in [-0.2, -0.15) is 0 Å². The number of nitrogens with one attached hydrogen (secondary N) is 2. The SMILES string of the molecule is O=C(NC1CCNC1)c1ccccc1F. The number of carbonyl (C=O) groups is 1. The lowest BCUT2D eigenvalue weighted by Crippen LogP contribution is -2.36. The van der Waals surface area contributed by atoms with Crippen LogP contribution in [0.1, 0.15) is 16.8 Å². The zero-order valence-corrected chi connectivity index (χ0v) is 8.29. The number of hydrogen-bond donors (Lipinski definition) is 2. The van der Waals surface area contributed by atoms with Crippen molar-refractivity contribution in [3.8, 4) is 0 Å². The summed E-state index contributed by atoms with van der Waals surface area (Å²) in [5.41, 5.74) is 0.115. The van der Waals surface area contributed by atoms with Crippen molar-refractivity contribution in [3.05, 3.63) is 35.6 Å². The van der Waals surface area contributed by atoms with E-state index in [9.17, 15) is 9.18 Å². The molecule has 0 bridgehead atoms. The van der Waals surface area contributed by atoms with Gasteiger partial charge in [-0.15, -0.1) is 0 Å². The lowest BCUT2D eigenvalue weighted by Gasteiger charge is -2.11. The smallest absolute Gasteiger partial charge is 0.254 e. The van der Waals surface area contributed by atoms with Crippen LogP contribution in [0.2, 0.25) is 0 Å². The molecule has 1 aromatic rings. The lowest BCUT2D eigenvalue weighted by atomic mass is 10.1. The molecule has 80 valence electrons. The summed E-state index contributed by atoms with van der Waals surface area (Å²) in [6.45, 7) is 1.67. The van der Waals surface area contributed by atoms with Gasteiger partial charge in [0.2, 0.25) is 0 Å². The monoisotopic (exact) mass is 208 g/mol. The molecule has 0 spiro atoms. The Morgan fingerprint density at radius 3 is 2.93 bits per heavy atom. The minimum absolute atomic E-state index is 0.115. The van der Waals surface area contributed by atoms with Crippen molar-refractivity contribution in [3.63, 3.8) is 0 Å². The molecule has 0 aromatic heterocycles. The molecule has 0 aliphatic carbocycles. The van der Waals surface area contributed by atoms with Gasteiger partial charge in [0, 0.05) is 12.6 Å². The summed E-state index contributed by atoms with van der Waals surface area (Å²) in [4.78, 5) is 11.6. The van der Waals surface area contributed by atoms with Gasteiger partial charge < -0.3 is 10.6 Å². The highest BCUT2D eigenvalue weighted by molar-refractivity contribution is 5.94. The van der Waals surface area contributed by atoms with Crippen molar-refractivity contribution in [2.24, 2.45) is 0 Å². The maximum atomic E-state index is 13.2. The van der Waals surface area contributed by atoms with E-state index >= 15 is 0 Å². The first-order valence-electron chi connectivity index (χ1n) is 5.03. The number of rotatable bonds is 2. The third-order valence-electron chi connectivity index (χ3n) is 2.51. The predicted octanol–water partition coefficient (Wildman–Crippen LogP) is 0.917. The van der Waals surface area contributed by atoms with Crippen LogP contribution in [0.4, 0.5) is 4.39 Å². The molecule has 2 rings (SSSR count). The number of halogens is 1. The standard InChI is InChI=1S/C11H13FN2O/c12-10-4-2-1-3-9(10)11(15)14-8-5-6-13-7-8/h1-4,8,13H,5-7H2,(H,14,15). The second kappa shape index (κ2) is 4.40. The Balaban J connectivity index is 2.04. The summed E-state index contributed by atoms with van der Waals surface area (Å²) in [7, 11) is 0. The molecule has 1 amide bonds. The van der Waals surface area contributed by atoms with Gasteiger partial charge in [0.15, 0.2) is 0 Å². The first-order valence-corrected chi connectivity index (χ1v) is 5.03. The summed E-state index contributed by atoms with van der Waals surface area (Å²) in [6, 6.07) is 6.14. The number of hydrogen-bond acceptors (Lipinski definition) is 2. The summed E-state index contributed by atoms with van der Waals surface area (Å²) < 4.78 is 13.2. The summed E-state index contributed by atoms with van der Waals surface area (Å²) in [5.74, 6) is -0.803. The fourth-order valence-electron chi connectivity index (χ4n) is 1.69. The molecule has 1 aliphatic rings. The highest BCUT2D eigenvalue weighted by Crippen LogP contribution is 2.07. The van der Waals surface area contributed by atoms with Crippen molar-refractivity contribution in [1.82, 2.24) is 10.6 Å². The van der Waals surface area contributed by atoms with E-state index in [0.717, 1.165) is 19.5 Å². The minimum atomic E-state index is -0.471. The second-order valence-electron chi connectivity index (χ2n) is 3.64. The highest BCUT2D eigenvalue weighted by Gasteiger charge is 2.18. The Bertz CT molecular complexity index is 361. The first kappa shape index (κ1) is 10.1. The van der Waals surface area contributed by atoms with Gasteiger partial charge in [-0.1, -0.05) is 12.1 Å².